The second-order valence-corrected chi connectivity index (χ2v) is 8.46. The Labute approximate surface area is 150 Å². The second-order valence-electron chi connectivity index (χ2n) is 6.51. The van der Waals surface area contributed by atoms with E-state index in [0.29, 0.717) is 42.7 Å². The van der Waals surface area contributed by atoms with Crippen LogP contribution in [0.2, 0.25) is 0 Å². The molecule has 2 aromatic rings. The number of fused-ring (bicyclic) bond motifs is 1. The van der Waals surface area contributed by atoms with Crippen molar-refractivity contribution in [2.24, 2.45) is 12.0 Å². The third-order valence-corrected chi connectivity index (χ3v) is 6.57. The van der Waals surface area contributed by atoms with E-state index in [1.807, 2.05) is 6.26 Å². The molecule has 1 fully saturated rings. The molecule has 0 bridgehead atoms. The Kier molecular flexibility index (Phi) is 5.27. The van der Waals surface area contributed by atoms with Crippen molar-refractivity contribution >= 4 is 20.7 Å². The van der Waals surface area contributed by atoms with Gasteiger partial charge in [0.15, 0.2) is 4.88 Å². The van der Waals surface area contributed by atoms with Crippen LogP contribution in [0.3, 0.4) is 0 Å². The molecule has 0 radical (unpaired) electrons. The Balaban J connectivity index is 2.14. The lowest BCUT2D eigenvalue weighted by Gasteiger charge is -2.11. The topological polar surface area (TPSA) is 82.1 Å². The highest BCUT2D eigenvalue weighted by Crippen LogP contribution is 2.36. The molecule has 0 aromatic carbocycles. The predicted octanol–water partition coefficient (Wildman–Crippen LogP) is 1.78. The molecule has 0 saturated heterocycles. The number of hydrogen-bond acceptors (Lipinski definition) is 4. The fourth-order valence-corrected chi connectivity index (χ4v) is 4.76. The second kappa shape index (κ2) is 7.16. The van der Waals surface area contributed by atoms with E-state index < -0.39 is 35.3 Å². The van der Waals surface area contributed by atoms with Crippen LogP contribution in [0.1, 0.15) is 30.2 Å². The number of nitrogens with one attached hydrogen (secondary N) is 1. The van der Waals surface area contributed by atoms with Crippen molar-refractivity contribution in [2.45, 2.75) is 44.6 Å². The van der Waals surface area contributed by atoms with Crippen LogP contribution in [0.15, 0.2) is 15.7 Å². The monoisotopic (exact) mass is 391 g/mol. The molecule has 0 amide bonds. The number of aromatic nitrogens is 2. The first kappa shape index (κ1) is 19.1. The molecule has 1 atom stereocenters. The summed E-state index contributed by atoms with van der Waals surface area (Å²) < 4.78 is 40.9. The number of hydrogen-bond donors (Lipinski definition) is 2. The van der Waals surface area contributed by atoms with E-state index in [1.54, 1.807) is 6.07 Å². The molecule has 1 unspecified atom stereocenters. The van der Waals surface area contributed by atoms with Gasteiger partial charge in [0, 0.05) is 31.7 Å². The largest absolute Gasteiger partial charge is 0.390 e. The molecule has 0 spiro atoms. The molecule has 6 nitrogen and oxygen atoms in total. The number of aryl methyl sites for hydroxylation is 2. The minimum Gasteiger partial charge on any atom is -0.329 e. The van der Waals surface area contributed by atoms with Crippen LogP contribution in [0.4, 0.5) is 13.2 Å². The lowest BCUT2D eigenvalue weighted by atomic mass is 10.3. The van der Waals surface area contributed by atoms with Crippen LogP contribution < -0.4 is 22.3 Å². The standard InChI is InChI=1S/C16H22F3N4O2S/c1-26-11(9-21-6-5-20)8-12-13(26)14(24)23(10-2-3-10)15(25)22(12)7-4-16(17,18)19/h8,10,21H,2-7,9,20H2,1H3/q+1. The van der Waals surface area contributed by atoms with E-state index in [2.05, 4.69) is 5.32 Å². The van der Waals surface area contributed by atoms with Gasteiger partial charge in [-0.1, -0.05) is 0 Å². The van der Waals surface area contributed by atoms with Gasteiger partial charge < -0.3 is 11.1 Å². The molecule has 1 aliphatic rings. The molecule has 3 N–H and O–H groups in total. The Morgan fingerprint density at radius 1 is 1.35 bits per heavy atom. The van der Waals surface area contributed by atoms with Crippen LogP contribution in [0.25, 0.3) is 10.2 Å². The zero-order valence-corrected chi connectivity index (χ0v) is 15.3. The molecular formula is C16H22F3N4O2S+. The van der Waals surface area contributed by atoms with Gasteiger partial charge in [0.1, 0.15) is 11.8 Å². The molecule has 10 heteroatoms. The first-order valence-electron chi connectivity index (χ1n) is 8.48. The van der Waals surface area contributed by atoms with E-state index in [4.69, 9.17) is 5.73 Å². The lowest BCUT2D eigenvalue weighted by Crippen LogP contribution is -2.39. The fraction of sp³-hybridized carbons (Fsp3) is 0.625. The van der Waals surface area contributed by atoms with Crippen molar-refractivity contribution in [1.82, 2.24) is 14.5 Å². The van der Waals surface area contributed by atoms with Gasteiger partial charge >= 0.3 is 17.4 Å². The first-order chi connectivity index (χ1) is 12.2. The molecule has 0 aliphatic heterocycles. The van der Waals surface area contributed by atoms with Crippen molar-refractivity contribution in [1.29, 1.82) is 0 Å². The Morgan fingerprint density at radius 3 is 2.62 bits per heavy atom. The van der Waals surface area contributed by atoms with Crippen LogP contribution >= 0.6 is 10.5 Å². The summed E-state index contributed by atoms with van der Waals surface area (Å²) in [6.45, 7) is 1.07. The zero-order valence-electron chi connectivity index (χ0n) is 14.4. The van der Waals surface area contributed by atoms with Crippen molar-refractivity contribution in [2.75, 3.05) is 13.1 Å². The number of thiophene rings is 1. The maximum Gasteiger partial charge on any atom is 0.390 e. The van der Waals surface area contributed by atoms with Gasteiger partial charge in [-0.25, -0.2) is 4.79 Å². The average Bonchev–Trinajstić information content (AvgIpc) is 3.31. The van der Waals surface area contributed by atoms with Gasteiger partial charge in [0.2, 0.25) is 0 Å². The highest BCUT2D eigenvalue weighted by Gasteiger charge is 2.34. The quantitative estimate of drug-likeness (QED) is 0.557. The highest BCUT2D eigenvalue weighted by atomic mass is 32.2. The summed E-state index contributed by atoms with van der Waals surface area (Å²) in [5, 5.41) is 3.14. The average molecular weight is 391 g/mol. The van der Waals surface area contributed by atoms with Crippen molar-refractivity contribution < 1.29 is 13.2 Å². The van der Waals surface area contributed by atoms with Crippen molar-refractivity contribution in [3.63, 3.8) is 0 Å². The van der Waals surface area contributed by atoms with Gasteiger partial charge in [-0.2, -0.15) is 13.2 Å². The third-order valence-electron chi connectivity index (χ3n) is 4.52. The van der Waals surface area contributed by atoms with Crippen LogP contribution in [-0.4, -0.2) is 28.4 Å². The number of alkyl halides is 3. The third kappa shape index (κ3) is 3.72. The summed E-state index contributed by atoms with van der Waals surface area (Å²) in [6, 6.07) is 1.51. The first-order valence-corrected chi connectivity index (χ1v) is 10.1. The smallest absolute Gasteiger partial charge is 0.329 e. The molecule has 1 aliphatic carbocycles. The normalized spacial score (nSPS) is 15.8. The highest BCUT2D eigenvalue weighted by molar-refractivity contribution is 7.35. The minimum atomic E-state index is -4.37. The SMILES string of the molecule is C[s+]1c(CNCCN)cc2c1c(=O)n(C1CC1)c(=O)n2CCC(F)(F)F. The van der Waals surface area contributed by atoms with Crippen molar-refractivity contribution in [3.05, 3.63) is 31.8 Å². The number of nitrogens with two attached hydrogens (primary N) is 1. The molecule has 2 aromatic heterocycles. The van der Waals surface area contributed by atoms with Crippen LogP contribution in [0.5, 0.6) is 0 Å². The van der Waals surface area contributed by atoms with E-state index in [9.17, 15) is 22.8 Å². The van der Waals surface area contributed by atoms with Crippen molar-refractivity contribution in [3.8, 4) is 0 Å². The van der Waals surface area contributed by atoms with Gasteiger partial charge in [-0.05, 0) is 23.3 Å². The maximum absolute atomic E-state index is 12.9. The van der Waals surface area contributed by atoms with Gasteiger partial charge in [0.05, 0.1) is 13.0 Å². The van der Waals surface area contributed by atoms with Gasteiger partial charge in [-0.15, -0.1) is 0 Å². The van der Waals surface area contributed by atoms with Gasteiger partial charge in [0.25, 0.3) is 4.70 Å². The lowest BCUT2D eigenvalue weighted by molar-refractivity contribution is -0.136. The summed E-state index contributed by atoms with van der Waals surface area (Å²) in [7, 11) is -0.559. The summed E-state index contributed by atoms with van der Waals surface area (Å²) in [6.07, 6.45) is -2.17. The van der Waals surface area contributed by atoms with E-state index in [1.165, 1.54) is 0 Å². The minimum absolute atomic E-state index is 0.186. The summed E-state index contributed by atoms with van der Waals surface area (Å²) >= 11 is 0. The Hall–Kier alpha value is -1.65. The van der Waals surface area contributed by atoms with Gasteiger partial charge in [-0.3, -0.25) is 13.9 Å². The molecule has 3 rings (SSSR count). The summed E-state index contributed by atoms with van der Waals surface area (Å²) in [4.78, 5) is 26.5. The Morgan fingerprint density at radius 2 is 2.04 bits per heavy atom. The number of halogens is 3. The molecular weight excluding hydrogens is 369 g/mol. The van der Waals surface area contributed by atoms with Crippen LogP contribution in [0, 0.1) is 0 Å². The summed E-state index contributed by atoms with van der Waals surface area (Å²) in [5.74, 6) is 0. The number of nitrogens with zero attached hydrogens (tertiary/aromatic N) is 2. The van der Waals surface area contributed by atoms with E-state index in [0.717, 1.165) is 14.0 Å². The molecule has 26 heavy (non-hydrogen) atoms. The van der Waals surface area contributed by atoms with E-state index in [-0.39, 0.29) is 11.6 Å². The summed E-state index contributed by atoms with van der Waals surface area (Å²) in [5.41, 5.74) is 4.80. The molecule has 2 heterocycles. The zero-order chi connectivity index (χ0) is 19.1. The fourth-order valence-electron chi connectivity index (χ4n) is 3.05. The van der Waals surface area contributed by atoms with E-state index >= 15 is 0 Å². The van der Waals surface area contributed by atoms with Crippen LogP contribution in [-0.2, 0) is 19.3 Å². The maximum atomic E-state index is 12.9. The molecule has 1 saturated carbocycles. The number of rotatable bonds is 7. The Bertz CT molecular complexity index is 925. The molecule has 144 valence electrons. The predicted molar refractivity (Wildman–Crippen MR) is 95.6 cm³/mol.